The van der Waals surface area contributed by atoms with Crippen LogP contribution in [0.1, 0.15) is 17.5 Å². The molecule has 1 atom stereocenters. The molecule has 2 rings (SSSR count). The Kier molecular flexibility index (Phi) is 5.83. The minimum Gasteiger partial charge on any atom is -0.376 e. The van der Waals surface area contributed by atoms with Crippen LogP contribution in [0.5, 0.6) is 0 Å². The van der Waals surface area contributed by atoms with Gasteiger partial charge in [0.05, 0.1) is 12.7 Å². The third-order valence-corrected chi connectivity index (χ3v) is 3.86. The summed E-state index contributed by atoms with van der Waals surface area (Å²) in [5.74, 6) is 0. The normalized spacial score (nSPS) is 19.8. The maximum atomic E-state index is 5.72. The molecule has 0 radical (unpaired) electrons. The van der Waals surface area contributed by atoms with Crippen molar-refractivity contribution >= 4 is 0 Å². The molecule has 1 saturated heterocycles. The molecule has 0 amide bonds. The van der Waals surface area contributed by atoms with Gasteiger partial charge in [0, 0.05) is 26.2 Å². The number of aryl methyl sites for hydroxylation is 1. The van der Waals surface area contributed by atoms with Gasteiger partial charge in [-0.05, 0) is 37.9 Å². The van der Waals surface area contributed by atoms with Crippen LogP contribution in [-0.2, 0) is 11.2 Å². The number of nitrogens with zero attached hydrogens (tertiary/aromatic N) is 1. The van der Waals surface area contributed by atoms with E-state index >= 15 is 0 Å². The fourth-order valence-electron chi connectivity index (χ4n) is 2.48. The average molecular weight is 262 g/mol. The number of hydrogen-bond acceptors (Lipinski definition) is 3. The van der Waals surface area contributed by atoms with Crippen molar-refractivity contribution in [3.05, 3.63) is 35.4 Å². The third kappa shape index (κ3) is 4.94. The van der Waals surface area contributed by atoms with Crippen LogP contribution in [0.4, 0.5) is 0 Å². The highest BCUT2D eigenvalue weighted by Gasteiger charge is 2.13. The Labute approximate surface area is 116 Å². The maximum Gasteiger partial charge on any atom is 0.0712 e. The van der Waals surface area contributed by atoms with Gasteiger partial charge in [0.25, 0.3) is 0 Å². The summed E-state index contributed by atoms with van der Waals surface area (Å²) in [6.07, 6.45) is 2.65. The summed E-state index contributed by atoms with van der Waals surface area (Å²) in [6.45, 7) is 7.28. The van der Waals surface area contributed by atoms with E-state index in [-0.39, 0.29) is 0 Å². The highest BCUT2D eigenvalue weighted by Crippen LogP contribution is 2.09. The fourth-order valence-corrected chi connectivity index (χ4v) is 2.48. The molecule has 0 saturated carbocycles. The second-order valence-corrected chi connectivity index (χ2v) is 5.47. The van der Waals surface area contributed by atoms with Gasteiger partial charge in [0.2, 0.25) is 0 Å². The second-order valence-electron chi connectivity index (χ2n) is 5.47. The van der Waals surface area contributed by atoms with E-state index in [1.807, 2.05) is 0 Å². The van der Waals surface area contributed by atoms with Crippen LogP contribution in [0.3, 0.4) is 0 Å². The molecule has 0 spiro atoms. The topological polar surface area (TPSA) is 24.5 Å². The van der Waals surface area contributed by atoms with Gasteiger partial charge < -0.3 is 15.0 Å². The summed E-state index contributed by atoms with van der Waals surface area (Å²) in [5.41, 5.74) is 2.86. The maximum absolute atomic E-state index is 5.72. The van der Waals surface area contributed by atoms with Crippen molar-refractivity contribution in [2.45, 2.75) is 25.9 Å². The zero-order valence-corrected chi connectivity index (χ0v) is 12.2. The van der Waals surface area contributed by atoms with Crippen molar-refractivity contribution in [3.63, 3.8) is 0 Å². The first-order valence-corrected chi connectivity index (χ1v) is 7.31. The van der Waals surface area contributed by atoms with Crippen molar-refractivity contribution in [2.75, 3.05) is 39.8 Å². The average Bonchev–Trinajstić information content (AvgIpc) is 2.45. The summed E-state index contributed by atoms with van der Waals surface area (Å²) in [4.78, 5) is 2.41. The van der Waals surface area contributed by atoms with Crippen LogP contribution in [0.2, 0.25) is 0 Å². The van der Waals surface area contributed by atoms with E-state index in [2.05, 4.69) is 48.5 Å². The summed E-state index contributed by atoms with van der Waals surface area (Å²) in [7, 11) is 2.20. The van der Waals surface area contributed by atoms with E-state index < -0.39 is 0 Å². The molecule has 1 aliphatic rings. The predicted molar refractivity (Wildman–Crippen MR) is 79.6 cm³/mol. The monoisotopic (exact) mass is 262 g/mol. The van der Waals surface area contributed by atoms with Crippen molar-refractivity contribution in [3.8, 4) is 0 Å². The number of morpholine rings is 1. The molecule has 1 aromatic rings. The van der Waals surface area contributed by atoms with Gasteiger partial charge in [-0.3, -0.25) is 0 Å². The van der Waals surface area contributed by atoms with E-state index in [0.29, 0.717) is 6.10 Å². The quantitative estimate of drug-likeness (QED) is 0.847. The first-order valence-electron chi connectivity index (χ1n) is 7.31. The Morgan fingerprint density at radius 1 is 1.32 bits per heavy atom. The standard InChI is InChI=1S/C16H26N2O/c1-14-5-3-4-6-15(14)7-10-18(2)11-8-16-13-17-9-12-19-16/h3-6,16-17H,7-13H2,1-2H3. The molecular formula is C16H26N2O. The van der Waals surface area contributed by atoms with Gasteiger partial charge in [-0.1, -0.05) is 24.3 Å². The van der Waals surface area contributed by atoms with E-state index in [4.69, 9.17) is 4.74 Å². The van der Waals surface area contributed by atoms with Crippen molar-refractivity contribution in [1.29, 1.82) is 0 Å². The smallest absolute Gasteiger partial charge is 0.0712 e. The molecule has 106 valence electrons. The Hall–Kier alpha value is -0.900. The highest BCUT2D eigenvalue weighted by molar-refractivity contribution is 5.25. The van der Waals surface area contributed by atoms with Crippen LogP contribution >= 0.6 is 0 Å². The van der Waals surface area contributed by atoms with Crippen LogP contribution in [0.15, 0.2) is 24.3 Å². The number of nitrogens with one attached hydrogen (secondary N) is 1. The molecule has 1 heterocycles. The second kappa shape index (κ2) is 7.63. The number of ether oxygens (including phenoxy) is 1. The molecule has 19 heavy (non-hydrogen) atoms. The lowest BCUT2D eigenvalue weighted by Crippen LogP contribution is -2.40. The summed E-state index contributed by atoms with van der Waals surface area (Å²) in [5, 5.41) is 3.38. The molecule has 1 aliphatic heterocycles. The molecular weight excluding hydrogens is 236 g/mol. The molecule has 0 aliphatic carbocycles. The Bertz CT molecular complexity index is 375. The van der Waals surface area contributed by atoms with Crippen molar-refractivity contribution in [1.82, 2.24) is 10.2 Å². The highest BCUT2D eigenvalue weighted by atomic mass is 16.5. The minimum absolute atomic E-state index is 0.398. The Morgan fingerprint density at radius 2 is 2.16 bits per heavy atom. The number of hydrogen-bond donors (Lipinski definition) is 1. The zero-order chi connectivity index (χ0) is 13.5. The predicted octanol–water partition coefficient (Wildman–Crippen LogP) is 1.85. The van der Waals surface area contributed by atoms with Crippen LogP contribution < -0.4 is 5.32 Å². The van der Waals surface area contributed by atoms with E-state index in [9.17, 15) is 0 Å². The summed E-state index contributed by atoms with van der Waals surface area (Å²) >= 11 is 0. The fraction of sp³-hybridized carbons (Fsp3) is 0.625. The molecule has 1 N–H and O–H groups in total. The lowest BCUT2D eigenvalue weighted by atomic mass is 10.1. The zero-order valence-electron chi connectivity index (χ0n) is 12.2. The van der Waals surface area contributed by atoms with Crippen LogP contribution in [0.25, 0.3) is 0 Å². The third-order valence-electron chi connectivity index (χ3n) is 3.86. The Balaban J connectivity index is 1.66. The van der Waals surface area contributed by atoms with Gasteiger partial charge >= 0.3 is 0 Å². The van der Waals surface area contributed by atoms with Gasteiger partial charge in [-0.2, -0.15) is 0 Å². The van der Waals surface area contributed by atoms with Gasteiger partial charge in [-0.15, -0.1) is 0 Å². The largest absolute Gasteiger partial charge is 0.376 e. The number of benzene rings is 1. The lowest BCUT2D eigenvalue weighted by Gasteiger charge is -2.26. The molecule has 1 aromatic carbocycles. The summed E-state index contributed by atoms with van der Waals surface area (Å²) < 4.78 is 5.72. The van der Waals surface area contributed by atoms with E-state index in [1.54, 1.807) is 0 Å². The molecule has 1 unspecified atom stereocenters. The van der Waals surface area contributed by atoms with Crippen molar-refractivity contribution in [2.24, 2.45) is 0 Å². The van der Waals surface area contributed by atoms with E-state index in [0.717, 1.165) is 45.6 Å². The van der Waals surface area contributed by atoms with E-state index in [1.165, 1.54) is 11.1 Å². The minimum atomic E-state index is 0.398. The first-order chi connectivity index (χ1) is 9.25. The molecule has 0 aromatic heterocycles. The van der Waals surface area contributed by atoms with Crippen molar-refractivity contribution < 1.29 is 4.74 Å². The molecule has 3 nitrogen and oxygen atoms in total. The number of likely N-dealkylation sites (N-methyl/N-ethyl adjacent to an activating group) is 1. The lowest BCUT2D eigenvalue weighted by molar-refractivity contribution is 0.0188. The van der Waals surface area contributed by atoms with Gasteiger partial charge in [0.15, 0.2) is 0 Å². The molecule has 0 bridgehead atoms. The van der Waals surface area contributed by atoms with Crippen LogP contribution in [-0.4, -0.2) is 50.8 Å². The molecule has 1 fully saturated rings. The Morgan fingerprint density at radius 3 is 2.89 bits per heavy atom. The number of rotatable bonds is 6. The van der Waals surface area contributed by atoms with Crippen LogP contribution in [0, 0.1) is 6.92 Å². The SMILES string of the molecule is Cc1ccccc1CCN(C)CCC1CNCCO1. The van der Waals surface area contributed by atoms with Gasteiger partial charge in [-0.25, -0.2) is 0 Å². The first kappa shape index (κ1) is 14.5. The molecule has 3 heteroatoms. The summed E-state index contributed by atoms with van der Waals surface area (Å²) in [6, 6.07) is 8.66. The van der Waals surface area contributed by atoms with Gasteiger partial charge in [0.1, 0.15) is 0 Å².